The molecule has 4 aliphatic rings. The van der Waals surface area contributed by atoms with Gasteiger partial charge in [0.2, 0.25) is 0 Å². The standard InChI is InChI=1S/C25H35N3O4S/c1-25(2)21(13-17(15-26)14-22(25)29)28-16-19(27-24(28)33)18-7-3-4-8-20(18)30-11-12-32-23-9-5-6-10-31-23/h13-14,18-20,23H,3-12,16H2,1-2H3,(H,27,33)/t18-,19?,20+,23?/m0/s1. The average Bonchev–Trinajstić information content (AvgIpc) is 3.20. The van der Waals surface area contributed by atoms with Crippen molar-refractivity contribution < 1.29 is 19.0 Å². The van der Waals surface area contributed by atoms with Crippen LogP contribution in [-0.4, -0.2) is 60.6 Å². The lowest BCUT2D eigenvalue weighted by Crippen LogP contribution is -2.43. The van der Waals surface area contributed by atoms with E-state index in [1.807, 2.05) is 18.7 Å². The van der Waals surface area contributed by atoms with E-state index in [1.54, 1.807) is 6.08 Å². The first-order valence-electron chi connectivity index (χ1n) is 12.2. The van der Waals surface area contributed by atoms with Gasteiger partial charge in [-0.2, -0.15) is 5.26 Å². The van der Waals surface area contributed by atoms with Crippen molar-refractivity contribution in [1.29, 1.82) is 5.26 Å². The summed E-state index contributed by atoms with van der Waals surface area (Å²) in [5, 5.41) is 13.5. The molecule has 8 heteroatoms. The summed E-state index contributed by atoms with van der Waals surface area (Å²) in [7, 11) is 0. The molecule has 33 heavy (non-hydrogen) atoms. The summed E-state index contributed by atoms with van der Waals surface area (Å²) >= 11 is 5.69. The van der Waals surface area contributed by atoms with Crippen LogP contribution in [-0.2, 0) is 19.0 Å². The number of nitriles is 1. The Morgan fingerprint density at radius 1 is 1.18 bits per heavy atom. The normalized spacial score (nSPS) is 32.1. The molecule has 0 radical (unpaired) electrons. The van der Waals surface area contributed by atoms with E-state index < -0.39 is 5.41 Å². The largest absolute Gasteiger partial charge is 0.375 e. The summed E-state index contributed by atoms with van der Waals surface area (Å²) in [5.41, 5.74) is 0.448. The van der Waals surface area contributed by atoms with Crippen LogP contribution in [0.15, 0.2) is 23.4 Å². The van der Waals surface area contributed by atoms with Crippen molar-refractivity contribution in [1.82, 2.24) is 10.2 Å². The molecule has 4 atom stereocenters. The maximum Gasteiger partial charge on any atom is 0.173 e. The molecule has 0 aromatic heterocycles. The fourth-order valence-corrected chi connectivity index (χ4v) is 5.65. The third-order valence-corrected chi connectivity index (χ3v) is 7.65. The van der Waals surface area contributed by atoms with Gasteiger partial charge in [0.25, 0.3) is 0 Å². The Bertz CT molecular complexity index is 856. The highest BCUT2D eigenvalue weighted by atomic mass is 32.1. The van der Waals surface area contributed by atoms with Crippen molar-refractivity contribution in [2.75, 3.05) is 26.4 Å². The average molecular weight is 474 g/mol. The highest BCUT2D eigenvalue weighted by Crippen LogP contribution is 2.39. The van der Waals surface area contributed by atoms with Crippen LogP contribution in [0.5, 0.6) is 0 Å². The predicted octanol–water partition coefficient (Wildman–Crippen LogP) is 3.61. The highest BCUT2D eigenvalue weighted by Gasteiger charge is 2.44. The third kappa shape index (κ3) is 5.48. The number of hydrogen-bond donors (Lipinski definition) is 1. The van der Waals surface area contributed by atoms with Crippen molar-refractivity contribution in [3.8, 4) is 6.07 Å². The first-order valence-corrected chi connectivity index (χ1v) is 12.6. The lowest BCUT2D eigenvalue weighted by atomic mass is 9.78. The molecule has 0 bridgehead atoms. The lowest BCUT2D eigenvalue weighted by molar-refractivity contribution is -0.173. The Morgan fingerprint density at radius 2 is 1.94 bits per heavy atom. The molecule has 2 heterocycles. The summed E-state index contributed by atoms with van der Waals surface area (Å²) in [4.78, 5) is 14.7. The van der Waals surface area contributed by atoms with Gasteiger partial charge in [0.15, 0.2) is 17.2 Å². The zero-order chi connectivity index (χ0) is 23.4. The van der Waals surface area contributed by atoms with Gasteiger partial charge in [-0.1, -0.05) is 12.8 Å². The van der Waals surface area contributed by atoms with Gasteiger partial charge in [-0.05, 0) is 70.3 Å². The van der Waals surface area contributed by atoms with Crippen LogP contribution in [0, 0.1) is 22.7 Å². The highest BCUT2D eigenvalue weighted by molar-refractivity contribution is 7.80. The van der Waals surface area contributed by atoms with E-state index in [-0.39, 0.29) is 24.2 Å². The van der Waals surface area contributed by atoms with Crippen LogP contribution in [0.2, 0.25) is 0 Å². The van der Waals surface area contributed by atoms with E-state index in [9.17, 15) is 10.1 Å². The Labute approximate surface area is 202 Å². The molecule has 3 fully saturated rings. The van der Waals surface area contributed by atoms with Gasteiger partial charge in [-0.3, -0.25) is 4.79 Å². The fraction of sp³-hybridized carbons (Fsp3) is 0.720. The number of nitrogens with one attached hydrogen (secondary N) is 1. The number of carbonyl (C=O) groups is 1. The molecule has 1 saturated carbocycles. The van der Waals surface area contributed by atoms with Crippen molar-refractivity contribution in [2.45, 2.75) is 77.2 Å². The molecule has 0 aromatic rings. The molecular formula is C25H35N3O4S. The maximum absolute atomic E-state index is 12.7. The fourth-order valence-electron chi connectivity index (χ4n) is 5.32. The molecular weight excluding hydrogens is 438 g/mol. The number of ether oxygens (including phenoxy) is 3. The van der Waals surface area contributed by atoms with E-state index >= 15 is 0 Å². The molecule has 2 aliphatic carbocycles. The minimum absolute atomic E-state index is 0.0661. The Morgan fingerprint density at radius 3 is 2.70 bits per heavy atom. The first-order chi connectivity index (χ1) is 15.9. The van der Waals surface area contributed by atoms with Crippen LogP contribution >= 0.6 is 12.2 Å². The second-order valence-electron chi connectivity index (χ2n) is 9.92. The molecule has 0 spiro atoms. The van der Waals surface area contributed by atoms with E-state index in [0.29, 0.717) is 36.4 Å². The topological polar surface area (TPSA) is 83.8 Å². The van der Waals surface area contributed by atoms with Gasteiger partial charge in [-0.25, -0.2) is 0 Å². The number of carbonyl (C=O) groups excluding carboxylic acids is 1. The molecule has 7 nitrogen and oxygen atoms in total. The Balaban J connectivity index is 1.37. The molecule has 4 rings (SSSR count). The summed E-state index contributed by atoms with van der Waals surface area (Å²) in [6, 6.07) is 2.25. The molecule has 180 valence electrons. The molecule has 0 aromatic carbocycles. The van der Waals surface area contributed by atoms with E-state index in [1.165, 1.54) is 12.5 Å². The number of nitrogens with zero attached hydrogens (tertiary/aromatic N) is 2. The number of allylic oxidation sites excluding steroid dienone is 4. The quantitative estimate of drug-likeness (QED) is 0.444. The number of hydrogen-bond acceptors (Lipinski definition) is 6. The van der Waals surface area contributed by atoms with Gasteiger partial charge in [0.1, 0.15) is 0 Å². The van der Waals surface area contributed by atoms with Crippen molar-refractivity contribution >= 4 is 23.1 Å². The first kappa shape index (κ1) is 24.3. The Hall–Kier alpha value is -1.79. The van der Waals surface area contributed by atoms with E-state index in [0.717, 1.165) is 50.8 Å². The zero-order valence-corrected chi connectivity index (χ0v) is 20.5. The van der Waals surface area contributed by atoms with Crippen molar-refractivity contribution in [3.63, 3.8) is 0 Å². The minimum atomic E-state index is -0.720. The number of thiocarbonyl (C=S) groups is 1. The smallest absolute Gasteiger partial charge is 0.173 e. The Kier molecular flexibility index (Phi) is 7.85. The van der Waals surface area contributed by atoms with Crippen LogP contribution < -0.4 is 5.32 Å². The van der Waals surface area contributed by atoms with Crippen molar-refractivity contribution in [3.05, 3.63) is 23.4 Å². The van der Waals surface area contributed by atoms with E-state index in [2.05, 4.69) is 11.4 Å². The second-order valence-corrected chi connectivity index (χ2v) is 10.3. The number of ketones is 1. The third-order valence-electron chi connectivity index (χ3n) is 7.32. The van der Waals surface area contributed by atoms with Gasteiger partial charge < -0.3 is 24.4 Å². The molecule has 2 unspecified atom stereocenters. The minimum Gasteiger partial charge on any atom is -0.375 e. The summed E-state index contributed by atoms with van der Waals surface area (Å²) in [6.45, 7) is 6.35. The second kappa shape index (κ2) is 10.6. The molecule has 2 aliphatic heterocycles. The van der Waals surface area contributed by atoms with Crippen molar-refractivity contribution in [2.24, 2.45) is 11.3 Å². The predicted molar refractivity (Wildman–Crippen MR) is 128 cm³/mol. The molecule has 2 saturated heterocycles. The van der Waals surface area contributed by atoms with Crippen LogP contribution in [0.3, 0.4) is 0 Å². The molecule has 0 amide bonds. The summed E-state index contributed by atoms with van der Waals surface area (Å²) in [5.74, 6) is 0.269. The van der Waals surface area contributed by atoms with Crippen LogP contribution in [0.25, 0.3) is 0 Å². The lowest BCUT2D eigenvalue weighted by Gasteiger charge is -2.36. The van der Waals surface area contributed by atoms with E-state index in [4.69, 9.17) is 26.4 Å². The van der Waals surface area contributed by atoms with Gasteiger partial charge in [0.05, 0.1) is 42.4 Å². The maximum atomic E-state index is 12.7. The summed E-state index contributed by atoms with van der Waals surface area (Å²) < 4.78 is 17.8. The van der Waals surface area contributed by atoms with Crippen LogP contribution in [0.1, 0.15) is 58.8 Å². The molecule has 1 N–H and O–H groups in total. The zero-order valence-electron chi connectivity index (χ0n) is 19.7. The van der Waals surface area contributed by atoms with Gasteiger partial charge in [-0.15, -0.1) is 0 Å². The van der Waals surface area contributed by atoms with Crippen LogP contribution in [0.4, 0.5) is 0 Å². The number of rotatable bonds is 7. The monoisotopic (exact) mass is 473 g/mol. The van der Waals surface area contributed by atoms with Gasteiger partial charge >= 0.3 is 0 Å². The summed E-state index contributed by atoms with van der Waals surface area (Å²) in [6.07, 6.45) is 11.0. The van der Waals surface area contributed by atoms with Gasteiger partial charge in [0, 0.05) is 24.8 Å². The SMILES string of the molecule is CC1(C)C(=O)C=C(C#N)C=C1N1CC([C@@H]2CCCC[C@H]2OCCOC2CCCCO2)NC1=S.